The molecule has 0 aliphatic carbocycles. The van der Waals surface area contributed by atoms with E-state index < -0.39 is 21.2 Å². The van der Waals surface area contributed by atoms with Crippen LogP contribution in [0.1, 0.15) is 12.0 Å². The second-order valence-electron chi connectivity index (χ2n) is 4.62. The second kappa shape index (κ2) is 4.23. The van der Waals surface area contributed by atoms with E-state index in [0.29, 0.717) is 17.0 Å². The van der Waals surface area contributed by atoms with E-state index in [4.69, 9.17) is 17.3 Å². The zero-order valence-corrected chi connectivity index (χ0v) is 10.7. The first-order chi connectivity index (χ1) is 7.80. The summed E-state index contributed by atoms with van der Waals surface area (Å²) in [5.74, 6) is -0.364. The summed E-state index contributed by atoms with van der Waals surface area (Å²) in [6.07, 6.45) is 0.672. The molecule has 0 aromatic heterocycles. The predicted octanol–water partition coefficient (Wildman–Crippen LogP) is 1.54. The second-order valence-corrected chi connectivity index (χ2v) is 7.21. The number of hydrogen-bond acceptors (Lipinski definition) is 3. The van der Waals surface area contributed by atoms with Crippen LogP contribution >= 0.6 is 11.6 Å². The lowest BCUT2D eigenvalue weighted by molar-refractivity contribution is 0.475. The van der Waals surface area contributed by atoms with Crippen LogP contribution < -0.4 is 5.73 Å². The first kappa shape index (κ1) is 12.8. The number of sulfone groups is 1. The molecule has 2 N–H and O–H groups in total. The van der Waals surface area contributed by atoms with Crippen LogP contribution in [0.15, 0.2) is 18.2 Å². The zero-order valence-electron chi connectivity index (χ0n) is 9.12. The van der Waals surface area contributed by atoms with Gasteiger partial charge >= 0.3 is 0 Å². The summed E-state index contributed by atoms with van der Waals surface area (Å²) in [7, 11) is -3.06. The van der Waals surface area contributed by atoms with Crippen LogP contribution in [0.25, 0.3) is 0 Å². The average molecular weight is 278 g/mol. The summed E-state index contributed by atoms with van der Waals surface area (Å²) in [4.78, 5) is 0. The maximum absolute atomic E-state index is 13.1. The van der Waals surface area contributed by atoms with E-state index in [1.807, 2.05) is 0 Å². The van der Waals surface area contributed by atoms with E-state index in [1.54, 1.807) is 0 Å². The quantitative estimate of drug-likeness (QED) is 0.892. The van der Waals surface area contributed by atoms with Crippen LogP contribution in [0.4, 0.5) is 4.39 Å². The maximum atomic E-state index is 13.1. The van der Waals surface area contributed by atoms with Crippen molar-refractivity contribution in [2.24, 2.45) is 5.73 Å². The largest absolute Gasteiger partial charge is 0.324 e. The van der Waals surface area contributed by atoms with Crippen molar-refractivity contribution >= 4 is 21.4 Å². The fourth-order valence-corrected chi connectivity index (χ4v) is 4.31. The van der Waals surface area contributed by atoms with Gasteiger partial charge < -0.3 is 5.73 Å². The molecule has 94 valence electrons. The Morgan fingerprint density at radius 2 is 2.18 bits per heavy atom. The molecule has 2 rings (SSSR count). The fraction of sp³-hybridized carbons (Fsp3) is 0.455. The van der Waals surface area contributed by atoms with Crippen molar-refractivity contribution in [3.8, 4) is 0 Å². The van der Waals surface area contributed by atoms with Gasteiger partial charge in [0, 0.05) is 10.6 Å². The zero-order chi connectivity index (χ0) is 12.7. The number of halogens is 2. The Balaban J connectivity index is 2.24. The van der Waals surface area contributed by atoms with Crippen molar-refractivity contribution in [2.75, 3.05) is 11.5 Å². The average Bonchev–Trinajstić information content (AvgIpc) is 2.47. The minimum atomic E-state index is -3.06. The SMILES string of the molecule is NC1(Cc2cc(F)ccc2Cl)CCS(=O)(=O)C1. The Bertz CT molecular complexity index is 546. The van der Waals surface area contributed by atoms with Crippen molar-refractivity contribution in [1.82, 2.24) is 0 Å². The first-order valence-corrected chi connectivity index (χ1v) is 7.43. The van der Waals surface area contributed by atoms with Crippen LogP contribution in [-0.4, -0.2) is 25.5 Å². The summed E-state index contributed by atoms with van der Waals surface area (Å²) in [5.41, 5.74) is 5.76. The van der Waals surface area contributed by atoms with E-state index in [9.17, 15) is 12.8 Å². The molecule has 0 bridgehead atoms. The molecule has 17 heavy (non-hydrogen) atoms. The topological polar surface area (TPSA) is 60.2 Å². The van der Waals surface area contributed by atoms with Gasteiger partial charge in [0.15, 0.2) is 9.84 Å². The third kappa shape index (κ3) is 2.97. The number of benzene rings is 1. The Labute approximate surface area is 105 Å². The van der Waals surface area contributed by atoms with E-state index in [0.717, 1.165) is 0 Å². The van der Waals surface area contributed by atoms with Crippen molar-refractivity contribution in [3.63, 3.8) is 0 Å². The molecule has 0 spiro atoms. The summed E-state index contributed by atoms with van der Waals surface area (Å²) in [6, 6.07) is 4.03. The van der Waals surface area contributed by atoms with Gasteiger partial charge in [0.25, 0.3) is 0 Å². The standard InChI is InChI=1S/C11H13ClFNO2S/c12-10-2-1-9(13)5-8(10)6-11(14)3-4-17(15,16)7-11/h1-2,5H,3-4,6-7,14H2. The highest BCUT2D eigenvalue weighted by Gasteiger charge is 2.39. The van der Waals surface area contributed by atoms with Gasteiger partial charge in [0.05, 0.1) is 11.5 Å². The molecule has 3 nitrogen and oxygen atoms in total. The lowest BCUT2D eigenvalue weighted by Gasteiger charge is -2.22. The monoisotopic (exact) mass is 277 g/mol. The Morgan fingerprint density at radius 1 is 1.47 bits per heavy atom. The molecule has 0 radical (unpaired) electrons. The van der Waals surface area contributed by atoms with Crippen molar-refractivity contribution in [1.29, 1.82) is 0 Å². The van der Waals surface area contributed by atoms with E-state index >= 15 is 0 Å². The van der Waals surface area contributed by atoms with Gasteiger partial charge in [0.1, 0.15) is 5.82 Å². The molecule has 1 aromatic carbocycles. The van der Waals surface area contributed by atoms with Crippen molar-refractivity contribution in [3.05, 3.63) is 34.6 Å². The Morgan fingerprint density at radius 3 is 2.76 bits per heavy atom. The van der Waals surface area contributed by atoms with Gasteiger partial charge in [-0.3, -0.25) is 0 Å². The molecule has 0 amide bonds. The summed E-state index contributed by atoms with van der Waals surface area (Å²) in [5, 5.41) is 0.417. The van der Waals surface area contributed by atoms with Gasteiger partial charge in [0.2, 0.25) is 0 Å². The van der Waals surface area contributed by atoms with Crippen LogP contribution in [0, 0.1) is 5.82 Å². The van der Waals surface area contributed by atoms with Crippen LogP contribution in [0.5, 0.6) is 0 Å². The third-order valence-corrected chi connectivity index (χ3v) is 5.18. The van der Waals surface area contributed by atoms with Gasteiger partial charge in [-0.2, -0.15) is 0 Å². The van der Waals surface area contributed by atoms with Gasteiger partial charge in [-0.05, 0) is 36.6 Å². The minimum absolute atomic E-state index is 0.0627. The molecule has 1 aliphatic rings. The van der Waals surface area contributed by atoms with Crippen molar-refractivity contribution < 1.29 is 12.8 Å². The molecule has 1 atom stereocenters. The number of nitrogens with two attached hydrogens (primary N) is 1. The molecule has 1 fully saturated rings. The van der Waals surface area contributed by atoms with Crippen molar-refractivity contribution in [2.45, 2.75) is 18.4 Å². The maximum Gasteiger partial charge on any atom is 0.152 e. The first-order valence-electron chi connectivity index (χ1n) is 5.23. The fourth-order valence-electron chi connectivity index (χ4n) is 2.14. The molecule has 1 aliphatic heterocycles. The van der Waals surface area contributed by atoms with Crippen LogP contribution in [0.2, 0.25) is 5.02 Å². The number of hydrogen-bond donors (Lipinski definition) is 1. The van der Waals surface area contributed by atoms with Gasteiger partial charge in [-0.1, -0.05) is 11.6 Å². The molecule has 1 unspecified atom stereocenters. The summed E-state index contributed by atoms with van der Waals surface area (Å²) in [6.45, 7) is 0. The molecule has 1 heterocycles. The summed E-state index contributed by atoms with van der Waals surface area (Å²) < 4.78 is 35.9. The van der Waals surface area contributed by atoms with E-state index in [2.05, 4.69) is 0 Å². The molecule has 1 saturated heterocycles. The molecular formula is C11H13ClFNO2S. The lowest BCUT2D eigenvalue weighted by Crippen LogP contribution is -2.43. The normalized spacial score (nSPS) is 27.2. The minimum Gasteiger partial charge on any atom is -0.324 e. The van der Waals surface area contributed by atoms with E-state index in [1.165, 1.54) is 18.2 Å². The molecule has 6 heteroatoms. The van der Waals surface area contributed by atoms with Gasteiger partial charge in [-0.15, -0.1) is 0 Å². The highest BCUT2D eigenvalue weighted by atomic mass is 35.5. The number of rotatable bonds is 2. The smallest absolute Gasteiger partial charge is 0.152 e. The van der Waals surface area contributed by atoms with Crippen LogP contribution in [0.3, 0.4) is 0 Å². The highest BCUT2D eigenvalue weighted by Crippen LogP contribution is 2.28. The predicted molar refractivity (Wildman–Crippen MR) is 65.3 cm³/mol. The Hall–Kier alpha value is -0.650. The third-order valence-electron chi connectivity index (χ3n) is 2.97. The highest BCUT2D eigenvalue weighted by molar-refractivity contribution is 7.91. The molecule has 1 aromatic rings. The Kier molecular flexibility index (Phi) is 3.18. The van der Waals surface area contributed by atoms with Crippen LogP contribution in [-0.2, 0) is 16.3 Å². The van der Waals surface area contributed by atoms with Gasteiger partial charge in [-0.25, -0.2) is 12.8 Å². The molecular weight excluding hydrogens is 265 g/mol. The molecule has 0 saturated carbocycles. The summed E-state index contributed by atoms with van der Waals surface area (Å²) >= 11 is 5.94. The lowest BCUT2D eigenvalue weighted by atomic mass is 9.91. The van der Waals surface area contributed by atoms with E-state index in [-0.39, 0.29) is 17.9 Å².